The van der Waals surface area contributed by atoms with Gasteiger partial charge in [-0.1, -0.05) is 152 Å². The van der Waals surface area contributed by atoms with E-state index in [9.17, 15) is 0 Å². The summed E-state index contributed by atoms with van der Waals surface area (Å²) in [6.07, 6.45) is 0. The van der Waals surface area contributed by atoms with Crippen molar-refractivity contribution in [2.45, 2.75) is 5.41 Å². The SMILES string of the molecule is c1ccc(N(c2ccccc2)c2ccc3cc4c(cc3c2)C2(c3ccccc3-c3ccccc32)c2cc(N(c3ccccc3)c3ccccc3)c3ccccc3c2-4)cc1. The van der Waals surface area contributed by atoms with Crippen LogP contribution in [0.3, 0.4) is 0 Å². The van der Waals surface area contributed by atoms with Gasteiger partial charge < -0.3 is 9.80 Å². The van der Waals surface area contributed by atoms with E-state index in [0.29, 0.717) is 0 Å². The van der Waals surface area contributed by atoms with Gasteiger partial charge in [0, 0.05) is 33.8 Å². The fraction of sp³-hybridized carbons (Fsp3) is 0.0175. The second-order valence-electron chi connectivity index (χ2n) is 15.6. The third-order valence-electron chi connectivity index (χ3n) is 12.6. The van der Waals surface area contributed by atoms with Gasteiger partial charge in [0.1, 0.15) is 0 Å². The van der Waals surface area contributed by atoms with Crippen LogP contribution in [0.15, 0.2) is 231 Å². The van der Waals surface area contributed by atoms with Crippen LogP contribution in [0.2, 0.25) is 0 Å². The van der Waals surface area contributed by atoms with E-state index in [-0.39, 0.29) is 0 Å². The molecule has 2 aliphatic carbocycles. The Balaban J connectivity index is 1.19. The molecule has 276 valence electrons. The minimum atomic E-state index is -0.543. The van der Waals surface area contributed by atoms with Crippen LogP contribution < -0.4 is 9.80 Å². The minimum Gasteiger partial charge on any atom is -0.310 e. The first-order valence-corrected chi connectivity index (χ1v) is 20.4. The van der Waals surface area contributed by atoms with Crippen LogP contribution in [0.1, 0.15) is 22.3 Å². The number of benzene rings is 10. The molecule has 0 bridgehead atoms. The lowest BCUT2D eigenvalue weighted by Crippen LogP contribution is -2.26. The summed E-state index contributed by atoms with van der Waals surface area (Å²) in [4.78, 5) is 4.80. The average molecular weight is 751 g/mol. The molecular weight excluding hydrogens is 713 g/mol. The van der Waals surface area contributed by atoms with E-state index in [4.69, 9.17) is 0 Å². The molecule has 0 heterocycles. The molecule has 2 aliphatic rings. The Morgan fingerprint density at radius 2 is 0.746 bits per heavy atom. The highest BCUT2D eigenvalue weighted by atomic mass is 15.1. The predicted octanol–water partition coefficient (Wildman–Crippen LogP) is 15.3. The van der Waals surface area contributed by atoms with E-state index >= 15 is 0 Å². The molecule has 0 fully saturated rings. The maximum Gasteiger partial charge on any atom is 0.0726 e. The topological polar surface area (TPSA) is 6.48 Å². The third-order valence-corrected chi connectivity index (χ3v) is 12.6. The van der Waals surface area contributed by atoms with Crippen molar-refractivity contribution in [2.75, 3.05) is 9.80 Å². The fourth-order valence-electron chi connectivity index (χ4n) is 10.2. The van der Waals surface area contributed by atoms with Crippen molar-refractivity contribution in [3.8, 4) is 22.3 Å². The predicted molar refractivity (Wildman–Crippen MR) is 247 cm³/mol. The zero-order chi connectivity index (χ0) is 38.9. The van der Waals surface area contributed by atoms with Crippen LogP contribution >= 0.6 is 0 Å². The minimum absolute atomic E-state index is 0.543. The van der Waals surface area contributed by atoms with Crippen LogP contribution in [0.4, 0.5) is 34.1 Å². The number of rotatable bonds is 6. The van der Waals surface area contributed by atoms with Crippen molar-refractivity contribution < 1.29 is 0 Å². The Kier molecular flexibility index (Phi) is 7.48. The number of hydrogen-bond donors (Lipinski definition) is 0. The standard InChI is InChI=1S/C57H38N2/c1-5-19-41(20-6-1)58(42-21-7-2-8-22-42)45-34-33-39-36-50-53(37-40(39)35-45)57(51-31-17-15-27-46(51)47-28-16-18-32-52(47)57)54-38-55(48-29-13-14-30-49(48)56(50)54)59(43-23-9-3-10-24-43)44-25-11-4-12-26-44/h1-38H. The van der Waals surface area contributed by atoms with Gasteiger partial charge in [0.25, 0.3) is 0 Å². The summed E-state index contributed by atoms with van der Waals surface area (Å²) < 4.78 is 0. The third kappa shape index (κ3) is 4.93. The molecule has 0 unspecified atom stereocenters. The first-order valence-electron chi connectivity index (χ1n) is 20.4. The summed E-state index contributed by atoms with van der Waals surface area (Å²) in [5.74, 6) is 0. The van der Waals surface area contributed by atoms with E-state index < -0.39 is 5.41 Å². The van der Waals surface area contributed by atoms with Crippen molar-refractivity contribution in [1.29, 1.82) is 0 Å². The van der Waals surface area contributed by atoms with Gasteiger partial charge in [0.2, 0.25) is 0 Å². The summed E-state index contributed by atoms with van der Waals surface area (Å²) >= 11 is 0. The van der Waals surface area contributed by atoms with Crippen LogP contribution in [0.5, 0.6) is 0 Å². The zero-order valence-corrected chi connectivity index (χ0v) is 32.3. The fourth-order valence-corrected chi connectivity index (χ4v) is 10.2. The normalized spacial score (nSPS) is 12.9. The Labute approximate surface area is 344 Å². The first kappa shape index (κ1) is 33.5. The largest absolute Gasteiger partial charge is 0.310 e. The molecule has 0 N–H and O–H groups in total. The molecule has 2 nitrogen and oxygen atoms in total. The highest BCUT2D eigenvalue weighted by Gasteiger charge is 2.52. The molecule has 2 heteroatoms. The van der Waals surface area contributed by atoms with Gasteiger partial charge in [0.15, 0.2) is 0 Å². The van der Waals surface area contributed by atoms with Gasteiger partial charge in [-0.2, -0.15) is 0 Å². The monoisotopic (exact) mass is 750 g/mol. The highest BCUT2D eigenvalue weighted by molar-refractivity contribution is 6.13. The summed E-state index contributed by atoms with van der Waals surface area (Å²) in [7, 11) is 0. The molecule has 10 aromatic carbocycles. The zero-order valence-electron chi connectivity index (χ0n) is 32.3. The molecule has 0 radical (unpaired) electrons. The highest BCUT2D eigenvalue weighted by Crippen LogP contribution is 2.65. The molecule has 0 aliphatic heterocycles. The lowest BCUT2D eigenvalue weighted by Gasteiger charge is -2.33. The lowest BCUT2D eigenvalue weighted by atomic mass is 9.70. The van der Waals surface area contributed by atoms with Crippen molar-refractivity contribution in [3.05, 3.63) is 253 Å². The van der Waals surface area contributed by atoms with Crippen molar-refractivity contribution >= 4 is 55.7 Å². The maximum atomic E-state index is 2.53. The van der Waals surface area contributed by atoms with Gasteiger partial charge in [-0.05, 0) is 140 Å². The molecule has 0 amide bonds. The van der Waals surface area contributed by atoms with Crippen molar-refractivity contribution in [1.82, 2.24) is 0 Å². The number of nitrogens with zero attached hydrogens (tertiary/aromatic N) is 2. The molecule has 1 spiro atoms. The van der Waals surface area contributed by atoms with Gasteiger partial charge in [-0.25, -0.2) is 0 Å². The Bertz CT molecular complexity index is 3090. The van der Waals surface area contributed by atoms with Crippen LogP contribution in [0.25, 0.3) is 43.8 Å². The van der Waals surface area contributed by atoms with Gasteiger partial charge in [0.05, 0.1) is 11.1 Å². The molecule has 10 aromatic rings. The van der Waals surface area contributed by atoms with Crippen LogP contribution in [0, 0.1) is 0 Å². The average Bonchev–Trinajstić information content (AvgIpc) is 3.76. The molecular formula is C57H38N2. The summed E-state index contributed by atoms with van der Waals surface area (Å²) in [6, 6.07) is 84.8. The molecule has 0 saturated heterocycles. The van der Waals surface area contributed by atoms with Crippen molar-refractivity contribution in [2.24, 2.45) is 0 Å². The second-order valence-corrected chi connectivity index (χ2v) is 15.6. The smallest absolute Gasteiger partial charge is 0.0726 e. The Morgan fingerprint density at radius 3 is 1.31 bits per heavy atom. The quantitative estimate of drug-likeness (QED) is 0.167. The van der Waals surface area contributed by atoms with E-state index in [0.717, 1.165) is 28.4 Å². The Hall–Kier alpha value is -7.68. The number of para-hydroxylation sites is 4. The first-order chi connectivity index (χ1) is 29.3. The van der Waals surface area contributed by atoms with Crippen LogP contribution in [-0.4, -0.2) is 0 Å². The van der Waals surface area contributed by atoms with Gasteiger partial charge in [-0.15, -0.1) is 0 Å². The van der Waals surface area contributed by atoms with Crippen LogP contribution in [-0.2, 0) is 5.41 Å². The Morgan fingerprint density at radius 1 is 0.271 bits per heavy atom. The van der Waals surface area contributed by atoms with Gasteiger partial charge >= 0.3 is 0 Å². The van der Waals surface area contributed by atoms with E-state index in [1.54, 1.807) is 0 Å². The van der Waals surface area contributed by atoms with Crippen molar-refractivity contribution in [3.63, 3.8) is 0 Å². The van der Waals surface area contributed by atoms with E-state index in [1.807, 2.05) is 0 Å². The number of anilines is 6. The number of fused-ring (bicyclic) bond motifs is 13. The summed E-state index contributed by atoms with van der Waals surface area (Å²) in [5.41, 5.74) is 16.8. The molecule has 59 heavy (non-hydrogen) atoms. The maximum absolute atomic E-state index is 2.53. The summed E-state index contributed by atoms with van der Waals surface area (Å²) in [6.45, 7) is 0. The lowest BCUT2D eigenvalue weighted by molar-refractivity contribution is 0.795. The van der Waals surface area contributed by atoms with Gasteiger partial charge in [-0.3, -0.25) is 0 Å². The molecule has 0 saturated carbocycles. The molecule has 12 rings (SSSR count). The van der Waals surface area contributed by atoms with E-state index in [1.165, 1.54) is 71.7 Å². The molecule has 0 aromatic heterocycles. The van der Waals surface area contributed by atoms with E-state index in [2.05, 4.69) is 240 Å². The molecule has 0 atom stereocenters. The summed E-state index contributed by atoms with van der Waals surface area (Å²) in [5, 5.41) is 4.91. The second kappa shape index (κ2) is 13.2. The number of hydrogen-bond acceptors (Lipinski definition) is 2.